The zero-order valence-electron chi connectivity index (χ0n) is 20.4. The van der Waals surface area contributed by atoms with Crippen LogP contribution in [0.25, 0.3) is 0 Å². The molecule has 1 saturated heterocycles. The van der Waals surface area contributed by atoms with Gasteiger partial charge in [-0.2, -0.15) is 11.8 Å². The van der Waals surface area contributed by atoms with Crippen LogP contribution in [-0.2, 0) is 24.0 Å². The molecule has 1 fully saturated rings. The highest BCUT2D eigenvalue weighted by Gasteiger charge is 2.37. The van der Waals surface area contributed by atoms with Crippen LogP contribution in [0.3, 0.4) is 0 Å². The SMILES string of the molecule is CSCCC(N)C(=O)N1CCCC1C(=O)NC(CCC(=O)O)C(=O)NC(CCCN=C(N)N)C(=O)O. The minimum atomic E-state index is -1.31. The summed E-state index contributed by atoms with van der Waals surface area (Å²) in [5, 5.41) is 23.4. The van der Waals surface area contributed by atoms with E-state index in [9.17, 15) is 29.1 Å². The summed E-state index contributed by atoms with van der Waals surface area (Å²) in [5.41, 5.74) is 16.4. The maximum absolute atomic E-state index is 13.0. The molecule has 0 aromatic rings. The monoisotopic (exact) mass is 531 g/mol. The van der Waals surface area contributed by atoms with Crippen LogP contribution < -0.4 is 27.8 Å². The lowest BCUT2D eigenvalue weighted by Crippen LogP contribution is -2.56. The minimum absolute atomic E-state index is 0.0102. The Bertz CT molecular complexity index is 822. The van der Waals surface area contributed by atoms with Gasteiger partial charge in [0.1, 0.15) is 18.1 Å². The van der Waals surface area contributed by atoms with Gasteiger partial charge in [0.25, 0.3) is 0 Å². The van der Waals surface area contributed by atoms with Gasteiger partial charge >= 0.3 is 11.9 Å². The fraction of sp³-hybridized carbons (Fsp3) is 0.714. The van der Waals surface area contributed by atoms with E-state index in [0.717, 1.165) is 0 Å². The number of nitrogens with two attached hydrogens (primary N) is 3. The summed E-state index contributed by atoms with van der Waals surface area (Å²) in [5.74, 6) is -3.78. The van der Waals surface area contributed by atoms with Gasteiger partial charge < -0.3 is 42.9 Å². The number of aliphatic imine (C=N–C) groups is 1. The molecule has 15 heteroatoms. The summed E-state index contributed by atoms with van der Waals surface area (Å²) in [4.78, 5) is 66.5. The summed E-state index contributed by atoms with van der Waals surface area (Å²) < 4.78 is 0. The molecule has 36 heavy (non-hydrogen) atoms. The fourth-order valence-corrected chi connectivity index (χ4v) is 4.21. The van der Waals surface area contributed by atoms with Crippen molar-refractivity contribution in [2.24, 2.45) is 22.2 Å². The van der Waals surface area contributed by atoms with Crippen LogP contribution in [0.15, 0.2) is 4.99 Å². The predicted octanol–water partition coefficient (Wildman–Crippen LogP) is -1.97. The van der Waals surface area contributed by atoms with Crippen molar-refractivity contribution in [1.82, 2.24) is 15.5 Å². The number of carbonyl (C=O) groups excluding carboxylic acids is 3. The van der Waals surface area contributed by atoms with Gasteiger partial charge in [0.2, 0.25) is 17.7 Å². The molecule has 0 bridgehead atoms. The number of amides is 3. The largest absolute Gasteiger partial charge is 0.481 e. The van der Waals surface area contributed by atoms with Gasteiger partial charge in [-0.1, -0.05) is 0 Å². The molecular formula is C21H37N7O7S. The van der Waals surface area contributed by atoms with Crippen molar-refractivity contribution in [3.05, 3.63) is 0 Å². The van der Waals surface area contributed by atoms with Crippen molar-refractivity contribution in [2.45, 2.75) is 69.1 Å². The lowest BCUT2D eigenvalue weighted by atomic mass is 10.1. The number of guanidine groups is 1. The van der Waals surface area contributed by atoms with E-state index in [-0.39, 0.29) is 37.7 Å². The van der Waals surface area contributed by atoms with Crippen LogP contribution in [0.1, 0.15) is 44.9 Å². The van der Waals surface area contributed by atoms with E-state index in [1.807, 2.05) is 6.26 Å². The molecule has 204 valence electrons. The van der Waals surface area contributed by atoms with E-state index >= 15 is 0 Å². The van der Waals surface area contributed by atoms with Crippen LogP contribution >= 0.6 is 11.8 Å². The number of thioether (sulfide) groups is 1. The molecule has 4 unspecified atom stereocenters. The van der Waals surface area contributed by atoms with Crippen molar-refractivity contribution < 1.29 is 34.2 Å². The highest BCUT2D eigenvalue weighted by atomic mass is 32.2. The Morgan fingerprint density at radius 2 is 1.78 bits per heavy atom. The molecule has 0 aromatic carbocycles. The molecule has 3 amide bonds. The van der Waals surface area contributed by atoms with Crippen molar-refractivity contribution in [1.29, 1.82) is 0 Å². The molecule has 1 aliphatic heterocycles. The fourth-order valence-electron chi connectivity index (χ4n) is 3.72. The van der Waals surface area contributed by atoms with Gasteiger partial charge in [-0.15, -0.1) is 0 Å². The molecule has 1 heterocycles. The number of rotatable bonds is 16. The van der Waals surface area contributed by atoms with E-state index in [2.05, 4.69) is 15.6 Å². The summed E-state index contributed by atoms with van der Waals surface area (Å²) in [6.07, 6.45) is 2.85. The number of likely N-dealkylation sites (tertiary alicyclic amines) is 1. The molecule has 0 aliphatic carbocycles. The molecule has 4 atom stereocenters. The molecule has 0 aromatic heterocycles. The van der Waals surface area contributed by atoms with Crippen LogP contribution in [-0.4, -0.2) is 100.0 Å². The van der Waals surface area contributed by atoms with Gasteiger partial charge in [0.15, 0.2) is 5.96 Å². The molecule has 0 spiro atoms. The summed E-state index contributed by atoms with van der Waals surface area (Å²) in [6.45, 7) is 0.499. The molecule has 0 saturated carbocycles. The Balaban J connectivity index is 2.89. The molecule has 14 nitrogen and oxygen atoms in total. The first-order valence-corrected chi connectivity index (χ1v) is 13.0. The number of hydrogen-bond acceptors (Lipinski definition) is 8. The topological polar surface area (TPSA) is 244 Å². The quantitative estimate of drug-likeness (QED) is 0.0654. The third kappa shape index (κ3) is 10.7. The van der Waals surface area contributed by atoms with Crippen LogP contribution in [0.5, 0.6) is 0 Å². The molecule has 1 rings (SSSR count). The first-order valence-electron chi connectivity index (χ1n) is 11.6. The number of carboxylic acids is 2. The summed E-state index contributed by atoms with van der Waals surface area (Å²) in [7, 11) is 0. The second-order valence-corrected chi connectivity index (χ2v) is 9.41. The third-order valence-electron chi connectivity index (χ3n) is 5.63. The minimum Gasteiger partial charge on any atom is -0.481 e. The average molecular weight is 532 g/mol. The Labute approximate surface area is 213 Å². The Kier molecular flexibility index (Phi) is 13.6. The zero-order valence-corrected chi connectivity index (χ0v) is 21.2. The van der Waals surface area contributed by atoms with Gasteiger partial charge in [0, 0.05) is 19.5 Å². The average Bonchev–Trinajstić information content (AvgIpc) is 3.30. The summed E-state index contributed by atoms with van der Waals surface area (Å²) in [6, 6.07) is -4.22. The lowest BCUT2D eigenvalue weighted by molar-refractivity contribution is -0.144. The smallest absolute Gasteiger partial charge is 0.326 e. The van der Waals surface area contributed by atoms with Crippen LogP contribution in [0.4, 0.5) is 0 Å². The first kappa shape index (κ1) is 31.0. The number of hydrogen-bond donors (Lipinski definition) is 7. The maximum atomic E-state index is 13.0. The van der Waals surface area contributed by atoms with E-state index < -0.39 is 54.3 Å². The first-order chi connectivity index (χ1) is 17.0. The molecule has 1 aliphatic rings. The second-order valence-electron chi connectivity index (χ2n) is 8.42. The normalized spacial score (nSPS) is 17.5. The Hall–Kier alpha value is -3.07. The number of nitrogens with zero attached hydrogens (tertiary/aromatic N) is 2. The van der Waals surface area contributed by atoms with Gasteiger partial charge in [-0.3, -0.25) is 24.2 Å². The number of carboxylic acid groups (broad SMARTS) is 2. The third-order valence-corrected chi connectivity index (χ3v) is 6.27. The molecular weight excluding hydrogens is 494 g/mol. The van der Waals surface area contributed by atoms with E-state index in [4.69, 9.17) is 22.3 Å². The van der Waals surface area contributed by atoms with E-state index in [1.165, 1.54) is 4.90 Å². The van der Waals surface area contributed by atoms with Crippen molar-refractivity contribution in [3.8, 4) is 0 Å². The highest BCUT2D eigenvalue weighted by molar-refractivity contribution is 7.98. The summed E-state index contributed by atoms with van der Waals surface area (Å²) >= 11 is 1.55. The van der Waals surface area contributed by atoms with Gasteiger partial charge in [-0.25, -0.2) is 4.79 Å². The number of nitrogens with one attached hydrogen (secondary N) is 2. The number of carbonyl (C=O) groups is 5. The second kappa shape index (κ2) is 15.8. The van der Waals surface area contributed by atoms with Crippen molar-refractivity contribution in [3.63, 3.8) is 0 Å². The standard InChI is InChI=1S/C21H37N7O7S/c1-36-11-8-12(22)19(33)28-10-3-5-15(28)18(32)26-13(6-7-16(29)30)17(31)27-14(20(34)35)4-2-9-25-21(23)24/h12-15H,2-11,22H2,1H3,(H,26,32)(H,27,31)(H,29,30)(H,34,35)(H4,23,24,25). The molecule has 10 N–H and O–H groups in total. The zero-order chi connectivity index (χ0) is 27.3. The van der Waals surface area contributed by atoms with Gasteiger partial charge in [0.05, 0.1) is 6.04 Å². The Morgan fingerprint density at radius 1 is 1.08 bits per heavy atom. The predicted molar refractivity (Wildman–Crippen MR) is 134 cm³/mol. The van der Waals surface area contributed by atoms with Crippen molar-refractivity contribution >= 4 is 47.4 Å². The van der Waals surface area contributed by atoms with Crippen LogP contribution in [0, 0.1) is 0 Å². The lowest BCUT2D eigenvalue weighted by Gasteiger charge is -2.28. The Morgan fingerprint density at radius 3 is 2.36 bits per heavy atom. The van der Waals surface area contributed by atoms with Crippen LogP contribution in [0.2, 0.25) is 0 Å². The van der Waals surface area contributed by atoms with E-state index in [0.29, 0.717) is 31.6 Å². The van der Waals surface area contributed by atoms with E-state index in [1.54, 1.807) is 11.8 Å². The molecule has 0 radical (unpaired) electrons. The number of aliphatic carboxylic acids is 2. The maximum Gasteiger partial charge on any atom is 0.326 e. The van der Waals surface area contributed by atoms with Gasteiger partial charge in [-0.05, 0) is 50.5 Å². The van der Waals surface area contributed by atoms with Crippen molar-refractivity contribution in [2.75, 3.05) is 25.1 Å². The highest BCUT2D eigenvalue weighted by Crippen LogP contribution is 2.20.